The van der Waals surface area contributed by atoms with E-state index in [1.165, 1.54) is 16.7 Å². The van der Waals surface area contributed by atoms with Crippen LogP contribution in [0.25, 0.3) is 0 Å². The van der Waals surface area contributed by atoms with Crippen LogP contribution in [-0.4, -0.2) is 32.0 Å². The molecule has 28 heavy (non-hydrogen) atoms. The first-order valence-corrected chi connectivity index (χ1v) is 10.4. The summed E-state index contributed by atoms with van der Waals surface area (Å²) in [4.78, 5) is 0. The highest BCUT2D eigenvalue weighted by molar-refractivity contribution is 5.36. The van der Waals surface area contributed by atoms with Gasteiger partial charge in [-0.2, -0.15) is 0 Å². The smallest absolute Gasteiger partial charge is 0.122 e. The number of rotatable bonds is 10. The molecule has 2 atom stereocenters. The van der Waals surface area contributed by atoms with Crippen molar-refractivity contribution in [3.63, 3.8) is 0 Å². The number of hydrogen-bond acceptors (Lipinski definition) is 4. The summed E-state index contributed by atoms with van der Waals surface area (Å²) in [5, 5.41) is 9.00. The zero-order valence-corrected chi connectivity index (χ0v) is 16.9. The summed E-state index contributed by atoms with van der Waals surface area (Å²) in [7, 11) is 1.67. The molecule has 0 heterocycles. The van der Waals surface area contributed by atoms with Gasteiger partial charge in [-0.1, -0.05) is 30.7 Å². The largest absolute Gasteiger partial charge is 0.497 e. The molecule has 0 unspecified atom stereocenters. The molecular formula is C24H33NO3. The summed E-state index contributed by atoms with van der Waals surface area (Å²) in [6, 6.07) is 14.7. The van der Waals surface area contributed by atoms with Gasteiger partial charge in [0.15, 0.2) is 0 Å². The van der Waals surface area contributed by atoms with E-state index < -0.39 is 0 Å². The summed E-state index contributed by atoms with van der Waals surface area (Å²) in [5.74, 6) is 2.63. The van der Waals surface area contributed by atoms with E-state index in [-0.39, 0.29) is 6.61 Å². The standard InChI is InChI=1S/C24H33NO3/c1-27-23-6-4-7-24(15-23)28-17-18-8-9-20-14-21(11-10-19(20)13-18)22(16-25)5-2-3-12-26/h4,6-7,10-11,14-15,18,22,26H,2-3,5,8-9,12-13,16-17,25H2,1H3/t18-,22-/m0/s1. The van der Waals surface area contributed by atoms with Crippen molar-refractivity contribution in [3.8, 4) is 11.5 Å². The average molecular weight is 384 g/mol. The monoisotopic (exact) mass is 383 g/mol. The van der Waals surface area contributed by atoms with Crippen LogP contribution in [0.15, 0.2) is 42.5 Å². The predicted octanol–water partition coefficient (Wildman–Crippen LogP) is 4.08. The minimum absolute atomic E-state index is 0.265. The van der Waals surface area contributed by atoms with E-state index in [1.807, 2.05) is 24.3 Å². The van der Waals surface area contributed by atoms with E-state index >= 15 is 0 Å². The molecule has 0 aromatic heterocycles. The van der Waals surface area contributed by atoms with Gasteiger partial charge in [0.25, 0.3) is 0 Å². The van der Waals surface area contributed by atoms with Gasteiger partial charge in [-0.3, -0.25) is 0 Å². The van der Waals surface area contributed by atoms with Crippen LogP contribution in [0, 0.1) is 5.92 Å². The molecule has 0 spiro atoms. The Morgan fingerprint density at radius 3 is 2.75 bits per heavy atom. The minimum Gasteiger partial charge on any atom is -0.497 e. The summed E-state index contributed by atoms with van der Waals surface area (Å²) < 4.78 is 11.3. The molecule has 0 aliphatic heterocycles. The lowest BCUT2D eigenvalue weighted by Gasteiger charge is -2.26. The van der Waals surface area contributed by atoms with Crippen LogP contribution in [0.3, 0.4) is 0 Å². The lowest BCUT2D eigenvalue weighted by atomic mass is 9.81. The fourth-order valence-corrected chi connectivity index (χ4v) is 4.07. The number of ether oxygens (including phenoxy) is 2. The maximum atomic E-state index is 9.00. The SMILES string of the molecule is COc1cccc(OC[C@H]2CCc3cc([C@H](CN)CCCCO)ccc3C2)c1. The predicted molar refractivity (Wildman–Crippen MR) is 113 cm³/mol. The number of unbranched alkanes of at least 4 members (excludes halogenated alkanes) is 1. The second-order valence-corrected chi connectivity index (χ2v) is 7.78. The van der Waals surface area contributed by atoms with Gasteiger partial charge < -0.3 is 20.3 Å². The third kappa shape index (κ3) is 5.49. The van der Waals surface area contributed by atoms with Gasteiger partial charge in [-0.25, -0.2) is 0 Å². The summed E-state index contributed by atoms with van der Waals surface area (Å²) in [6.07, 6.45) is 6.25. The number of fused-ring (bicyclic) bond motifs is 1. The molecule has 152 valence electrons. The fourth-order valence-electron chi connectivity index (χ4n) is 4.07. The Morgan fingerprint density at radius 2 is 1.96 bits per heavy atom. The Hall–Kier alpha value is -2.04. The third-order valence-corrected chi connectivity index (χ3v) is 5.80. The normalized spacial score (nSPS) is 17.0. The van der Waals surface area contributed by atoms with Crippen LogP contribution in [0.4, 0.5) is 0 Å². The van der Waals surface area contributed by atoms with Crippen LogP contribution in [-0.2, 0) is 12.8 Å². The van der Waals surface area contributed by atoms with Gasteiger partial charge in [0.1, 0.15) is 11.5 Å². The molecule has 1 aliphatic carbocycles. The van der Waals surface area contributed by atoms with Crippen molar-refractivity contribution in [3.05, 3.63) is 59.2 Å². The zero-order chi connectivity index (χ0) is 19.8. The summed E-state index contributed by atoms with van der Waals surface area (Å²) in [5.41, 5.74) is 10.3. The molecule has 1 aliphatic rings. The molecule has 2 aromatic carbocycles. The Bertz CT molecular complexity index is 746. The molecule has 2 aromatic rings. The van der Waals surface area contributed by atoms with E-state index in [0.29, 0.717) is 18.4 Å². The molecule has 0 amide bonds. The van der Waals surface area contributed by atoms with E-state index in [2.05, 4.69) is 18.2 Å². The van der Waals surface area contributed by atoms with Gasteiger partial charge >= 0.3 is 0 Å². The Kier molecular flexibility index (Phi) is 7.75. The van der Waals surface area contributed by atoms with Crippen LogP contribution >= 0.6 is 0 Å². The van der Waals surface area contributed by atoms with Gasteiger partial charge in [0.05, 0.1) is 13.7 Å². The van der Waals surface area contributed by atoms with Crippen LogP contribution < -0.4 is 15.2 Å². The van der Waals surface area contributed by atoms with Crippen molar-refractivity contribution < 1.29 is 14.6 Å². The lowest BCUT2D eigenvalue weighted by molar-refractivity contribution is 0.233. The molecule has 4 nitrogen and oxygen atoms in total. The topological polar surface area (TPSA) is 64.7 Å². The van der Waals surface area contributed by atoms with Crippen molar-refractivity contribution in [1.82, 2.24) is 0 Å². The van der Waals surface area contributed by atoms with Crippen LogP contribution in [0.2, 0.25) is 0 Å². The number of aryl methyl sites for hydroxylation is 1. The van der Waals surface area contributed by atoms with Gasteiger partial charge in [0, 0.05) is 12.7 Å². The molecule has 0 saturated carbocycles. The Balaban J connectivity index is 1.57. The highest BCUT2D eigenvalue weighted by atomic mass is 16.5. The molecule has 3 N–H and O–H groups in total. The first-order chi connectivity index (χ1) is 13.7. The second-order valence-electron chi connectivity index (χ2n) is 7.78. The van der Waals surface area contributed by atoms with E-state index in [1.54, 1.807) is 7.11 Å². The highest BCUT2D eigenvalue weighted by Crippen LogP contribution is 2.30. The highest BCUT2D eigenvalue weighted by Gasteiger charge is 2.21. The van der Waals surface area contributed by atoms with Crippen molar-refractivity contribution >= 4 is 0 Å². The maximum Gasteiger partial charge on any atom is 0.122 e. The van der Waals surface area contributed by atoms with Gasteiger partial charge in [0.2, 0.25) is 0 Å². The summed E-state index contributed by atoms with van der Waals surface area (Å²) >= 11 is 0. The third-order valence-electron chi connectivity index (χ3n) is 5.80. The van der Waals surface area contributed by atoms with Crippen LogP contribution in [0.5, 0.6) is 11.5 Å². The van der Waals surface area contributed by atoms with Crippen molar-refractivity contribution in [2.24, 2.45) is 11.7 Å². The molecule has 0 saturated heterocycles. The van der Waals surface area contributed by atoms with E-state index in [9.17, 15) is 0 Å². The number of nitrogens with two attached hydrogens (primary N) is 1. The first kappa shape index (κ1) is 20.7. The quantitative estimate of drug-likeness (QED) is 0.607. The van der Waals surface area contributed by atoms with Crippen molar-refractivity contribution in [2.75, 3.05) is 26.9 Å². The number of aliphatic hydroxyl groups excluding tert-OH is 1. The number of hydrogen-bond donors (Lipinski definition) is 2. The first-order valence-electron chi connectivity index (χ1n) is 10.4. The fraction of sp³-hybridized carbons (Fsp3) is 0.500. The van der Waals surface area contributed by atoms with Gasteiger partial charge in [-0.05, 0) is 79.3 Å². The molecule has 4 heteroatoms. The van der Waals surface area contributed by atoms with Gasteiger partial charge in [-0.15, -0.1) is 0 Å². The van der Waals surface area contributed by atoms with E-state index in [0.717, 1.165) is 56.6 Å². The lowest BCUT2D eigenvalue weighted by Crippen LogP contribution is -2.21. The molecule has 3 rings (SSSR count). The summed E-state index contributed by atoms with van der Waals surface area (Å²) in [6.45, 7) is 1.67. The zero-order valence-electron chi connectivity index (χ0n) is 16.9. The number of benzene rings is 2. The number of methoxy groups -OCH3 is 1. The average Bonchev–Trinajstić information content (AvgIpc) is 2.75. The Labute approximate surface area is 168 Å². The van der Waals surface area contributed by atoms with Crippen LogP contribution in [0.1, 0.15) is 48.3 Å². The molecule has 0 radical (unpaired) electrons. The Morgan fingerprint density at radius 1 is 1.11 bits per heavy atom. The minimum atomic E-state index is 0.265. The van der Waals surface area contributed by atoms with Crippen molar-refractivity contribution in [1.29, 1.82) is 0 Å². The second kappa shape index (κ2) is 10.5. The molecular weight excluding hydrogens is 350 g/mol. The molecule has 0 fully saturated rings. The van der Waals surface area contributed by atoms with E-state index in [4.69, 9.17) is 20.3 Å². The number of aliphatic hydroxyl groups is 1. The maximum absolute atomic E-state index is 9.00. The molecule has 0 bridgehead atoms. The van der Waals surface area contributed by atoms with Crippen molar-refractivity contribution in [2.45, 2.75) is 44.4 Å².